The van der Waals surface area contributed by atoms with E-state index in [4.69, 9.17) is 25.8 Å². The summed E-state index contributed by atoms with van der Waals surface area (Å²) >= 11 is 6.94. The highest BCUT2D eigenvalue weighted by molar-refractivity contribution is 7.93. The molecule has 0 saturated carbocycles. The molecule has 18 heteroatoms. The van der Waals surface area contributed by atoms with Crippen LogP contribution in [-0.4, -0.2) is 74.1 Å². The average molecular weight is 781 g/mol. The maximum atomic E-state index is 15.6. The lowest BCUT2D eigenvalue weighted by Gasteiger charge is -2.26. The largest absolute Gasteiger partial charge is 0.497 e. The number of nitrogens with one attached hydrogen (secondary N) is 2. The summed E-state index contributed by atoms with van der Waals surface area (Å²) in [5.41, 5.74) is 0.0986. The molecular weight excluding hydrogens is 742 g/mol. The molecular formula is C34H39ClF2N6O7S2. The molecule has 0 aliphatic rings. The molecule has 3 aromatic carbocycles. The fourth-order valence-corrected chi connectivity index (χ4v) is 7.22. The van der Waals surface area contributed by atoms with Gasteiger partial charge in [0, 0.05) is 60.1 Å². The lowest BCUT2D eigenvalue weighted by molar-refractivity contribution is 0.0267. The van der Waals surface area contributed by atoms with Crippen molar-refractivity contribution in [2.45, 2.75) is 51.3 Å². The Bertz CT molecular complexity index is 2000. The normalized spacial score (nSPS) is 11.5. The predicted molar refractivity (Wildman–Crippen MR) is 194 cm³/mol. The van der Waals surface area contributed by atoms with E-state index in [0.29, 0.717) is 59.4 Å². The first-order chi connectivity index (χ1) is 24.6. The smallest absolute Gasteiger partial charge is 0.410 e. The summed E-state index contributed by atoms with van der Waals surface area (Å²) in [7, 11) is -1.95. The van der Waals surface area contributed by atoms with Gasteiger partial charge in [0.25, 0.3) is 15.9 Å². The summed E-state index contributed by atoms with van der Waals surface area (Å²) in [5, 5.41) is 6.01. The number of hydrogen-bond donors (Lipinski definition) is 2. The molecule has 280 valence electrons. The van der Waals surface area contributed by atoms with Crippen LogP contribution < -0.4 is 24.4 Å². The van der Waals surface area contributed by atoms with Crippen LogP contribution in [0.3, 0.4) is 0 Å². The Kier molecular flexibility index (Phi) is 13.2. The second kappa shape index (κ2) is 17.2. The van der Waals surface area contributed by atoms with E-state index in [0.717, 1.165) is 22.2 Å². The second-order valence-electron chi connectivity index (χ2n) is 12.1. The van der Waals surface area contributed by atoms with E-state index in [1.807, 2.05) is 6.92 Å². The summed E-state index contributed by atoms with van der Waals surface area (Å²) in [6, 6.07) is 10.5. The standard InChI is InChI=1S/C34H39ClF2N6O7S2/c1-7-42(33(45)50-34(2,3)4)13-12-38-28-14-23(35)10-8-21(28)18-39-31(44)25-16-27(37)30(17-26(25)36)52(46,47)43(32-40-20-41-51-32)19-22-9-11-24(48-5)15-29(22)49-6/h8-11,14-17,20,38H,7,12-13,18-19H2,1-6H3,(H,39,44). The minimum absolute atomic E-state index is 0.112. The van der Waals surface area contributed by atoms with Crippen LogP contribution in [0.25, 0.3) is 0 Å². The van der Waals surface area contributed by atoms with E-state index in [-0.39, 0.29) is 24.0 Å². The number of nitrogens with zero attached hydrogens (tertiary/aromatic N) is 4. The summed E-state index contributed by atoms with van der Waals surface area (Å²) in [6.45, 7) is 7.67. The number of amides is 2. The van der Waals surface area contributed by atoms with Crippen molar-refractivity contribution in [2.24, 2.45) is 0 Å². The third-order valence-electron chi connectivity index (χ3n) is 7.45. The highest BCUT2D eigenvalue weighted by atomic mass is 35.5. The van der Waals surface area contributed by atoms with Crippen LogP contribution in [0.1, 0.15) is 49.2 Å². The Morgan fingerprint density at radius 3 is 2.37 bits per heavy atom. The fourth-order valence-electron chi connectivity index (χ4n) is 4.86. The number of carbonyl (C=O) groups is 2. The number of likely N-dealkylation sites (N-methyl/N-ethyl adjacent to an activating group) is 1. The Labute approximate surface area is 310 Å². The number of benzene rings is 3. The van der Waals surface area contributed by atoms with Crippen molar-refractivity contribution in [3.05, 3.63) is 88.2 Å². The molecule has 0 radical (unpaired) electrons. The Balaban J connectivity index is 1.52. The molecule has 0 fully saturated rings. The molecule has 0 aliphatic carbocycles. The molecule has 1 heterocycles. The molecule has 0 aliphatic heterocycles. The van der Waals surface area contributed by atoms with E-state index < -0.39 is 49.7 Å². The number of hydrogen-bond acceptors (Lipinski definition) is 11. The van der Waals surface area contributed by atoms with Crippen LogP contribution in [-0.2, 0) is 27.8 Å². The van der Waals surface area contributed by atoms with Gasteiger partial charge in [0.15, 0.2) is 0 Å². The van der Waals surface area contributed by atoms with E-state index in [9.17, 15) is 18.0 Å². The molecule has 1 aromatic heterocycles. The van der Waals surface area contributed by atoms with Crippen LogP contribution in [0, 0.1) is 11.6 Å². The number of rotatable bonds is 15. The van der Waals surface area contributed by atoms with Gasteiger partial charge in [-0.15, -0.1) is 0 Å². The molecule has 0 saturated heterocycles. The summed E-state index contributed by atoms with van der Waals surface area (Å²) < 4.78 is 79.6. The van der Waals surface area contributed by atoms with Gasteiger partial charge in [-0.1, -0.05) is 17.7 Å². The maximum Gasteiger partial charge on any atom is 0.410 e. The van der Waals surface area contributed by atoms with Gasteiger partial charge in [-0.2, -0.15) is 4.37 Å². The predicted octanol–water partition coefficient (Wildman–Crippen LogP) is 6.48. The number of anilines is 2. The molecule has 4 aromatic rings. The van der Waals surface area contributed by atoms with E-state index in [1.54, 1.807) is 57.2 Å². The van der Waals surface area contributed by atoms with Crippen molar-refractivity contribution >= 4 is 56.0 Å². The molecule has 0 spiro atoms. The quantitative estimate of drug-likeness (QED) is 0.137. The zero-order valence-corrected chi connectivity index (χ0v) is 31.7. The van der Waals surface area contributed by atoms with Crippen molar-refractivity contribution in [3.8, 4) is 11.5 Å². The zero-order chi connectivity index (χ0) is 38.2. The molecule has 0 atom stereocenters. The molecule has 13 nitrogen and oxygen atoms in total. The third kappa shape index (κ3) is 9.98. The molecule has 0 unspecified atom stereocenters. The summed E-state index contributed by atoms with van der Waals surface area (Å²) in [5.74, 6) is -2.89. The van der Waals surface area contributed by atoms with Gasteiger partial charge in [0.2, 0.25) is 5.13 Å². The number of halogens is 3. The van der Waals surface area contributed by atoms with E-state index in [1.165, 1.54) is 19.1 Å². The first-order valence-corrected chi connectivity index (χ1v) is 18.4. The average Bonchev–Trinajstić information content (AvgIpc) is 3.63. The third-order valence-corrected chi connectivity index (χ3v) is 10.2. The number of ether oxygens (including phenoxy) is 3. The fraction of sp³-hybridized carbons (Fsp3) is 0.353. The van der Waals surface area contributed by atoms with Gasteiger partial charge >= 0.3 is 6.09 Å². The van der Waals surface area contributed by atoms with Crippen LogP contribution in [0.2, 0.25) is 5.02 Å². The Morgan fingerprint density at radius 2 is 1.73 bits per heavy atom. The van der Waals surface area contributed by atoms with Gasteiger partial charge in [0.05, 0.1) is 26.3 Å². The highest BCUT2D eigenvalue weighted by Crippen LogP contribution is 2.33. The minimum atomic E-state index is -4.80. The van der Waals surface area contributed by atoms with Gasteiger partial charge < -0.3 is 29.7 Å². The van der Waals surface area contributed by atoms with Gasteiger partial charge in [-0.05, 0) is 69.7 Å². The number of sulfonamides is 1. The first-order valence-electron chi connectivity index (χ1n) is 15.9. The van der Waals surface area contributed by atoms with Gasteiger partial charge in [-0.3, -0.25) is 4.79 Å². The van der Waals surface area contributed by atoms with Crippen LogP contribution in [0.15, 0.2) is 59.8 Å². The van der Waals surface area contributed by atoms with Crippen molar-refractivity contribution in [2.75, 3.05) is 43.5 Å². The molecule has 2 N–H and O–H groups in total. The monoisotopic (exact) mass is 780 g/mol. The Hall–Kier alpha value is -4.74. The zero-order valence-electron chi connectivity index (χ0n) is 29.3. The number of aromatic nitrogens is 2. The van der Waals surface area contributed by atoms with Crippen molar-refractivity contribution in [3.63, 3.8) is 0 Å². The second-order valence-corrected chi connectivity index (χ2v) is 15.2. The lowest BCUT2D eigenvalue weighted by Crippen LogP contribution is -2.39. The molecule has 4 rings (SSSR count). The van der Waals surface area contributed by atoms with Gasteiger partial charge in [0.1, 0.15) is 40.0 Å². The van der Waals surface area contributed by atoms with Crippen LogP contribution >= 0.6 is 23.1 Å². The summed E-state index contributed by atoms with van der Waals surface area (Å²) in [4.78, 5) is 30.1. The van der Waals surface area contributed by atoms with Crippen LogP contribution in [0.4, 0.5) is 24.4 Å². The van der Waals surface area contributed by atoms with Gasteiger partial charge in [-0.25, -0.2) is 31.3 Å². The number of carbonyl (C=O) groups excluding carboxylic acids is 2. The Morgan fingerprint density at radius 1 is 1.00 bits per heavy atom. The van der Waals surface area contributed by atoms with Crippen molar-refractivity contribution < 1.29 is 41.0 Å². The van der Waals surface area contributed by atoms with E-state index >= 15 is 8.78 Å². The molecule has 52 heavy (non-hydrogen) atoms. The van der Waals surface area contributed by atoms with Crippen LogP contribution in [0.5, 0.6) is 11.5 Å². The van der Waals surface area contributed by atoms with Crippen molar-refractivity contribution in [1.29, 1.82) is 0 Å². The summed E-state index contributed by atoms with van der Waals surface area (Å²) in [6.07, 6.45) is 0.665. The molecule has 0 bridgehead atoms. The highest BCUT2D eigenvalue weighted by Gasteiger charge is 2.33. The maximum absolute atomic E-state index is 15.6. The topological polar surface area (TPSA) is 152 Å². The minimum Gasteiger partial charge on any atom is -0.497 e. The SMILES string of the molecule is CCN(CCNc1cc(Cl)ccc1CNC(=O)c1cc(F)c(S(=O)(=O)N(Cc2ccc(OC)cc2OC)c2ncns2)cc1F)C(=O)OC(C)(C)C. The van der Waals surface area contributed by atoms with Crippen molar-refractivity contribution in [1.82, 2.24) is 19.6 Å². The van der Waals surface area contributed by atoms with E-state index in [2.05, 4.69) is 20.0 Å². The molecule has 2 amide bonds. The lowest BCUT2D eigenvalue weighted by atomic mass is 10.1. The number of methoxy groups -OCH3 is 2. The first kappa shape index (κ1) is 40.0.